The van der Waals surface area contributed by atoms with Crippen molar-refractivity contribution in [3.05, 3.63) is 58.7 Å². The highest BCUT2D eigenvalue weighted by molar-refractivity contribution is 5.95. The smallest absolute Gasteiger partial charge is 0.406 e. The van der Waals surface area contributed by atoms with Crippen LogP contribution in [0.2, 0.25) is 0 Å². The number of amides is 1. The average molecular weight is 384 g/mol. The Morgan fingerprint density at radius 3 is 2.44 bits per heavy atom. The maximum absolute atomic E-state index is 14.1. The van der Waals surface area contributed by atoms with Crippen LogP contribution >= 0.6 is 0 Å². The molecule has 0 bridgehead atoms. The normalized spacial score (nSPS) is 12.8. The zero-order chi connectivity index (χ0) is 20.4. The van der Waals surface area contributed by atoms with Crippen molar-refractivity contribution in [2.24, 2.45) is 0 Å². The molecule has 0 saturated carbocycles. The molecule has 0 aliphatic rings. The number of hydrogen-bond acceptors (Lipinski definition) is 3. The SMILES string of the molecule is Cc1cnc(C(C)C)cc1C(=O)N[C@H](C)c1cc(OC(F)(F)F)ccc1F. The quantitative estimate of drug-likeness (QED) is 0.735. The van der Waals surface area contributed by atoms with Gasteiger partial charge in [0.2, 0.25) is 0 Å². The van der Waals surface area contributed by atoms with E-state index in [1.54, 1.807) is 19.2 Å². The van der Waals surface area contributed by atoms with Crippen molar-refractivity contribution in [2.45, 2.75) is 46.0 Å². The number of hydrogen-bond donors (Lipinski definition) is 1. The summed E-state index contributed by atoms with van der Waals surface area (Å²) in [7, 11) is 0. The highest BCUT2D eigenvalue weighted by atomic mass is 19.4. The summed E-state index contributed by atoms with van der Waals surface area (Å²) in [5.41, 5.74) is 1.63. The molecule has 146 valence electrons. The van der Waals surface area contributed by atoms with E-state index in [-0.39, 0.29) is 11.5 Å². The molecule has 1 amide bonds. The lowest BCUT2D eigenvalue weighted by Crippen LogP contribution is -2.28. The van der Waals surface area contributed by atoms with E-state index in [4.69, 9.17) is 0 Å². The molecule has 2 aromatic rings. The summed E-state index contributed by atoms with van der Waals surface area (Å²) in [6, 6.07) is 3.45. The fourth-order valence-corrected chi connectivity index (χ4v) is 2.50. The lowest BCUT2D eigenvalue weighted by Gasteiger charge is -2.18. The van der Waals surface area contributed by atoms with Crippen molar-refractivity contribution in [3.8, 4) is 5.75 Å². The van der Waals surface area contributed by atoms with Gasteiger partial charge in [0, 0.05) is 23.0 Å². The topological polar surface area (TPSA) is 51.2 Å². The van der Waals surface area contributed by atoms with E-state index in [9.17, 15) is 22.4 Å². The van der Waals surface area contributed by atoms with Crippen LogP contribution in [-0.4, -0.2) is 17.3 Å². The molecule has 2 rings (SSSR count). The number of ether oxygens (including phenoxy) is 1. The number of aryl methyl sites for hydroxylation is 1. The van der Waals surface area contributed by atoms with Gasteiger partial charge in [0.25, 0.3) is 5.91 Å². The average Bonchev–Trinajstić information content (AvgIpc) is 2.55. The van der Waals surface area contributed by atoms with Gasteiger partial charge in [-0.15, -0.1) is 13.2 Å². The van der Waals surface area contributed by atoms with Crippen LogP contribution in [0.15, 0.2) is 30.5 Å². The van der Waals surface area contributed by atoms with Crippen LogP contribution in [0.25, 0.3) is 0 Å². The van der Waals surface area contributed by atoms with Crippen LogP contribution in [0.5, 0.6) is 5.75 Å². The number of nitrogens with one attached hydrogen (secondary N) is 1. The number of carbonyl (C=O) groups excluding carboxylic acids is 1. The Balaban J connectivity index is 2.24. The van der Waals surface area contributed by atoms with Gasteiger partial charge in [-0.1, -0.05) is 13.8 Å². The van der Waals surface area contributed by atoms with Crippen LogP contribution in [-0.2, 0) is 0 Å². The van der Waals surface area contributed by atoms with Gasteiger partial charge >= 0.3 is 6.36 Å². The van der Waals surface area contributed by atoms with Gasteiger partial charge in [-0.2, -0.15) is 0 Å². The summed E-state index contributed by atoms with van der Waals surface area (Å²) in [4.78, 5) is 16.8. The molecule has 27 heavy (non-hydrogen) atoms. The molecule has 0 radical (unpaired) electrons. The molecule has 0 fully saturated rings. The molecule has 1 aromatic heterocycles. The summed E-state index contributed by atoms with van der Waals surface area (Å²) in [5.74, 6) is -1.65. The summed E-state index contributed by atoms with van der Waals surface area (Å²) in [6.45, 7) is 7.07. The molecule has 1 atom stereocenters. The Morgan fingerprint density at radius 2 is 1.85 bits per heavy atom. The predicted molar refractivity (Wildman–Crippen MR) is 92.0 cm³/mol. The van der Waals surface area contributed by atoms with E-state index < -0.39 is 29.9 Å². The zero-order valence-corrected chi connectivity index (χ0v) is 15.3. The third-order valence-electron chi connectivity index (χ3n) is 3.98. The Bertz CT molecular complexity index is 835. The maximum atomic E-state index is 14.1. The van der Waals surface area contributed by atoms with Gasteiger partial charge in [-0.05, 0) is 49.6 Å². The first-order valence-corrected chi connectivity index (χ1v) is 8.30. The second kappa shape index (κ2) is 7.94. The van der Waals surface area contributed by atoms with Crippen LogP contribution in [0.3, 0.4) is 0 Å². The summed E-state index contributed by atoms with van der Waals surface area (Å²) in [5, 5.41) is 2.61. The highest BCUT2D eigenvalue weighted by Crippen LogP contribution is 2.27. The Kier molecular flexibility index (Phi) is 6.08. The Labute approximate surface area is 154 Å². The molecule has 0 saturated heterocycles. The first-order chi connectivity index (χ1) is 12.5. The minimum absolute atomic E-state index is 0.110. The fraction of sp³-hybridized carbons (Fsp3) is 0.368. The molecule has 1 aromatic carbocycles. The zero-order valence-electron chi connectivity index (χ0n) is 15.3. The number of nitrogens with zero attached hydrogens (tertiary/aromatic N) is 1. The molecule has 1 heterocycles. The Hall–Kier alpha value is -2.64. The van der Waals surface area contributed by atoms with Crippen molar-refractivity contribution >= 4 is 5.91 Å². The molecule has 0 spiro atoms. The monoisotopic (exact) mass is 384 g/mol. The summed E-state index contributed by atoms with van der Waals surface area (Å²) < 4.78 is 55.0. The fourth-order valence-electron chi connectivity index (χ4n) is 2.50. The molecule has 4 nitrogen and oxygen atoms in total. The third-order valence-corrected chi connectivity index (χ3v) is 3.98. The predicted octanol–water partition coefficient (Wildman–Crippen LogP) is 5.04. The van der Waals surface area contributed by atoms with Crippen LogP contribution < -0.4 is 10.1 Å². The largest absolute Gasteiger partial charge is 0.573 e. The molecule has 8 heteroatoms. The van der Waals surface area contributed by atoms with Crippen molar-refractivity contribution in [3.63, 3.8) is 0 Å². The number of pyridine rings is 1. The molecule has 0 aliphatic heterocycles. The Morgan fingerprint density at radius 1 is 1.19 bits per heavy atom. The second-order valence-corrected chi connectivity index (χ2v) is 6.51. The van der Waals surface area contributed by atoms with Crippen LogP contribution in [0.4, 0.5) is 17.6 Å². The van der Waals surface area contributed by atoms with Gasteiger partial charge in [0.1, 0.15) is 11.6 Å². The van der Waals surface area contributed by atoms with Gasteiger partial charge in [-0.3, -0.25) is 9.78 Å². The number of halogens is 4. The van der Waals surface area contributed by atoms with E-state index in [1.165, 1.54) is 6.92 Å². The summed E-state index contributed by atoms with van der Waals surface area (Å²) in [6.07, 6.45) is -3.31. The molecular weight excluding hydrogens is 364 g/mol. The number of aromatic nitrogens is 1. The third kappa shape index (κ3) is 5.42. The molecule has 0 unspecified atom stereocenters. The van der Waals surface area contributed by atoms with E-state index in [1.807, 2.05) is 13.8 Å². The number of benzene rings is 1. The molecular formula is C19H20F4N2O2. The van der Waals surface area contributed by atoms with Crippen molar-refractivity contribution in [1.29, 1.82) is 0 Å². The van der Waals surface area contributed by atoms with Gasteiger partial charge < -0.3 is 10.1 Å². The first-order valence-electron chi connectivity index (χ1n) is 8.30. The van der Waals surface area contributed by atoms with Crippen molar-refractivity contribution in [2.75, 3.05) is 0 Å². The maximum Gasteiger partial charge on any atom is 0.573 e. The van der Waals surface area contributed by atoms with Gasteiger partial charge in [-0.25, -0.2) is 4.39 Å². The van der Waals surface area contributed by atoms with E-state index in [0.29, 0.717) is 11.1 Å². The number of alkyl halides is 3. The number of rotatable bonds is 5. The minimum Gasteiger partial charge on any atom is -0.406 e. The highest BCUT2D eigenvalue weighted by Gasteiger charge is 2.31. The van der Waals surface area contributed by atoms with Crippen LogP contribution in [0.1, 0.15) is 59.9 Å². The number of carbonyl (C=O) groups is 1. The standard InChI is InChI=1S/C19H20F4N2O2/c1-10(2)17-8-14(11(3)9-24-17)18(26)25-12(4)15-7-13(5-6-16(15)20)27-19(21,22)23/h5-10,12H,1-4H3,(H,25,26)/t12-/m1/s1. The van der Waals surface area contributed by atoms with Gasteiger partial charge in [0.15, 0.2) is 0 Å². The van der Waals surface area contributed by atoms with Gasteiger partial charge in [0.05, 0.1) is 6.04 Å². The lowest BCUT2D eigenvalue weighted by atomic mass is 10.0. The lowest BCUT2D eigenvalue weighted by molar-refractivity contribution is -0.274. The van der Waals surface area contributed by atoms with Crippen molar-refractivity contribution < 1.29 is 27.1 Å². The van der Waals surface area contributed by atoms with Crippen LogP contribution in [0, 0.1) is 12.7 Å². The second-order valence-electron chi connectivity index (χ2n) is 6.51. The van der Waals surface area contributed by atoms with Crippen molar-refractivity contribution in [1.82, 2.24) is 10.3 Å². The van der Waals surface area contributed by atoms with E-state index in [0.717, 1.165) is 23.9 Å². The minimum atomic E-state index is -4.89. The molecule has 1 N–H and O–H groups in total. The van der Waals surface area contributed by atoms with E-state index >= 15 is 0 Å². The first kappa shape index (κ1) is 20.7. The summed E-state index contributed by atoms with van der Waals surface area (Å²) >= 11 is 0. The molecule has 0 aliphatic carbocycles. The van der Waals surface area contributed by atoms with E-state index in [2.05, 4.69) is 15.0 Å².